The monoisotopic (exact) mass is 393 g/mol. The van der Waals surface area contributed by atoms with Gasteiger partial charge in [0.2, 0.25) is 5.91 Å². The van der Waals surface area contributed by atoms with E-state index >= 15 is 0 Å². The van der Waals surface area contributed by atoms with Crippen LogP contribution in [0.1, 0.15) is 5.56 Å². The van der Waals surface area contributed by atoms with E-state index in [0.717, 1.165) is 30.5 Å². The predicted molar refractivity (Wildman–Crippen MR) is 90.5 cm³/mol. The van der Waals surface area contributed by atoms with Crippen molar-refractivity contribution in [2.45, 2.75) is 6.18 Å². The molecule has 2 aromatic rings. The maximum atomic E-state index is 13.6. The average Bonchev–Trinajstić information content (AvgIpc) is 2.62. The first-order chi connectivity index (χ1) is 13.2. The van der Waals surface area contributed by atoms with Crippen LogP contribution >= 0.6 is 0 Å². The van der Waals surface area contributed by atoms with Crippen LogP contribution in [-0.2, 0) is 15.8 Å². The second kappa shape index (κ2) is 7.22. The summed E-state index contributed by atoms with van der Waals surface area (Å²) in [7, 11) is 0. The number of hydrogen-bond acceptors (Lipinski definition) is 4. The lowest BCUT2D eigenvalue weighted by Gasteiger charge is -2.28. The van der Waals surface area contributed by atoms with Crippen LogP contribution in [0, 0.1) is 11.7 Å². The van der Waals surface area contributed by atoms with Crippen molar-refractivity contribution in [3.05, 3.63) is 59.9 Å². The Morgan fingerprint density at radius 2 is 1.75 bits per heavy atom. The molecule has 0 radical (unpaired) electrons. The van der Waals surface area contributed by atoms with Gasteiger partial charge in [0.25, 0.3) is 5.91 Å². The minimum atomic E-state index is -4.69. The first-order valence-electron chi connectivity index (χ1n) is 7.83. The number of aliphatic imine (C=N–C) groups is 1. The summed E-state index contributed by atoms with van der Waals surface area (Å²) in [6, 6.07) is 7.66. The van der Waals surface area contributed by atoms with Crippen molar-refractivity contribution in [2.75, 3.05) is 4.90 Å². The Hall–Kier alpha value is -3.56. The van der Waals surface area contributed by atoms with Gasteiger partial charge < -0.3 is 0 Å². The third-order valence-electron chi connectivity index (χ3n) is 3.85. The molecule has 1 N–H and O–H groups in total. The largest absolute Gasteiger partial charge is 0.416 e. The number of hydrogen-bond donors (Lipinski definition) is 1. The number of halogens is 4. The van der Waals surface area contributed by atoms with Crippen molar-refractivity contribution < 1.29 is 31.9 Å². The number of carbonyl (C=O) groups excluding carboxylic acids is 3. The standard InChI is InChI=1S/C18H11F4N3O3/c19-13-6-1-2-7-14(13)23-9-12-15(26)24-17(28)25(16(12)27)11-5-3-4-10(8-11)18(20,21)22/h1-9,12H,(H,24,26,28)/t12-/m0/s1. The summed E-state index contributed by atoms with van der Waals surface area (Å²) in [6.45, 7) is 0. The van der Waals surface area contributed by atoms with E-state index in [4.69, 9.17) is 0 Å². The minimum Gasteiger partial charge on any atom is -0.276 e. The summed E-state index contributed by atoms with van der Waals surface area (Å²) in [5.74, 6) is -4.44. The van der Waals surface area contributed by atoms with E-state index in [1.807, 2.05) is 5.32 Å². The fourth-order valence-corrected chi connectivity index (χ4v) is 2.50. The Morgan fingerprint density at radius 1 is 1.04 bits per heavy atom. The predicted octanol–water partition coefficient (Wildman–Crippen LogP) is 3.45. The van der Waals surface area contributed by atoms with Gasteiger partial charge in [0.05, 0.1) is 16.9 Å². The Balaban J connectivity index is 1.94. The summed E-state index contributed by atoms with van der Waals surface area (Å²) in [6.07, 6.45) is -3.85. The van der Waals surface area contributed by atoms with Gasteiger partial charge in [-0.05, 0) is 30.3 Å². The molecule has 1 aliphatic rings. The summed E-state index contributed by atoms with van der Waals surface area (Å²) >= 11 is 0. The number of alkyl halides is 3. The van der Waals surface area contributed by atoms with Gasteiger partial charge in [0.1, 0.15) is 5.82 Å². The van der Waals surface area contributed by atoms with Gasteiger partial charge in [-0.1, -0.05) is 18.2 Å². The second-order valence-corrected chi connectivity index (χ2v) is 5.72. The summed E-state index contributed by atoms with van der Waals surface area (Å²) in [5, 5.41) is 1.88. The molecule has 3 rings (SSSR count). The fourth-order valence-electron chi connectivity index (χ4n) is 2.50. The molecule has 0 spiro atoms. The molecule has 1 saturated heterocycles. The number of nitrogens with one attached hydrogen (secondary N) is 1. The molecule has 0 saturated carbocycles. The Bertz CT molecular complexity index is 988. The quantitative estimate of drug-likeness (QED) is 0.493. The first kappa shape index (κ1) is 19.2. The molecule has 6 nitrogen and oxygen atoms in total. The topological polar surface area (TPSA) is 78.8 Å². The maximum Gasteiger partial charge on any atom is 0.416 e. The number of nitrogens with zero attached hydrogens (tertiary/aromatic N) is 2. The SMILES string of the molecule is O=C1NC(=O)N(c2cccc(C(F)(F)F)c2)C(=O)[C@H]1C=Nc1ccccc1F. The number of amides is 4. The molecule has 2 aromatic carbocycles. The molecule has 0 aliphatic carbocycles. The zero-order valence-corrected chi connectivity index (χ0v) is 13.9. The van der Waals surface area contributed by atoms with Crippen LogP contribution in [0.15, 0.2) is 53.5 Å². The van der Waals surface area contributed by atoms with Crippen LogP contribution in [-0.4, -0.2) is 24.1 Å². The van der Waals surface area contributed by atoms with Gasteiger partial charge >= 0.3 is 12.2 Å². The summed E-state index contributed by atoms with van der Waals surface area (Å²) < 4.78 is 52.3. The minimum absolute atomic E-state index is 0.148. The van der Waals surface area contributed by atoms with E-state index in [1.54, 1.807) is 0 Å². The molecule has 0 unspecified atom stereocenters. The maximum absolute atomic E-state index is 13.6. The summed E-state index contributed by atoms with van der Waals surface area (Å²) in [5.41, 5.74) is -1.58. The van der Waals surface area contributed by atoms with E-state index < -0.39 is 41.3 Å². The lowest BCUT2D eigenvalue weighted by molar-refractivity contribution is -0.138. The first-order valence-corrected chi connectivity index (χ1v) is 7.83. The molecule has 0 aromatic heterocycles. The fraction of sp³-hybridized carbons (Fsp3) is 0.111. The third kappa shape index (κ3) is 3.75. The normalized spacial score (nSPS) is 17.9. The lowest BCUT2D eigenvalue weighted by Crippen LogP contribution is -2.58. The zero-order chi connectivity index (χ0) is 20.5. The highest BCUT2D eigenvalue weighted by molar-refractivity contribution is 6.32. The molecule has 1 aliphatic heterocycles. The number of rotatable bonds is 3. The van der Waals surface area contributed by atoms with Crippen molar-refractivity contribution in [3.8, 4) is 0 Å². The lowest BCUT2D eigenvalue weighted by atomic mass is 10.1. The smallest absolute Gasteiger partial charge is 0.276 e. The average molecular weight is 393 g/mol. The highest BCUT2D eigenvalue weighted by Gasteiger charge is 2.41. The highest BCUT2D eigenvalue weighted by Crippen LogP contribution is 2.32. The van der Waals surface area contributed by atoms with Crippen molar-refractivity contribution >= 4 is 35.4 Å². The Morgan fingerprint density at radius 3 is 2.43 bits per heavy atom. The number of urea groups is 1. The summed E-state index contributed by atoms with van der Waals surface area (Å²) in [4.78, 5) is 40.8. The Kier molecular flexibility index (Phi) is 4.95. The third-order valence-corrected chi connectivity index (χ3v) is 3.85. The van der Waals surface area contributed by atoms with Crippen LogP contribution in [0.5, 0.6) is 0 Å². The molecule has 144 valence electrons. The molecule has 28 heavy (non-hydrogen) atoms. The van der Waals surface area contributed by atoms with Crippen LogP contribution in [0.3, 0.4) is 0 Å². The molecule has 1 atom stereocenters. The molecular formula is C18H11F4N3O3. The van der Waals surface area contributed by atoms with Gasteiger partial charge in [0.15, 0.2) is 5.92 Å². The molecule has 10 heteroatoms. The molecular weight excluding hydrogens is 382 g/mol. The molecule has 4 amide bonds. The highest BCUT2D eigenvalue weighted by atomic mass is 19.4. The van der Waals surface area contributed by atoms with Crippen LogP contribution in [0.25, 0.3) is 0 Å². The van der Waals surface area contributed by atoms with Gasteiger partial charge in [-0.2, -0.15) is 13.2 Å². The number of imide groups is 2. The number of anilines is 1. The van der Waals surface area contributed by atoms with Crippen LogP contribution in [0.4, 0.5) is 33.7 Å². The van der Waals surface area contributed by atoms with Gasteiger partial charge in [0, 0.05) is 6.21 Å². The Labute approximate surface area is 155 Å². The molecule has 1 heterocycles. The van der Waals surface area contributed by atoms with Gasteiger partial charge in [-0.3, -0.25) is 19.9 Å². The van der Waals surface area contributed by atoms with Gasteiger partial charge in [-0.15, -0.1) is 0 Å². The molecule has 1 fully saturated rings. The number of carbonyl (C=O) groups is 3. The van der Waals surface area contributed by atoms with Crippen molar-refractivity contribution in [2.24, 2.45) is 10.9 Å². The van der Waals surface area contributed by atoms with E-state index in [1.165, 1.54) is 18.2 Å². The van der Waals surface area contributed by atoms with Crippen LogP contribution < -0.4 is 10.2 Å². The van der Waals surface area contributed by atoms with Gasteiger partial charge in [-0.25, -0.2) is 14.1 Å². The number of para-hydroxylation sites is 1. The number of barbiturate groups is 1. The van der Waals surface area contributed by atoms with Crippen molar-refractivity contribution in [3.63, 3.8) is 0 Å². The van der Waals surface area contributed by atoms with Crippen molar-refractivity contribution in [1.29, 1.82) is 0 Å². The second-order valence-electron chi connectivity index (χ2n) is 5.72. The molecule has 0 bridgehead atoms. The van der Waals surface area contributed by atoms with E-state index in [-0.39, 0.29) is 11.4 Å². The van der Waals surface area contributed by atoms with E-state index in [0.29, 0.717) is 11.0 Å². The van der Waals surface area contributed by atoms with Crippen LogP contribution in [0.2, 0.25) is 0 Å². The van der Waals surface area contributed by atoms with E-state index in [9.17, 15) is 31.9 Å². The zero-order valence-electron chi connectivity index (χ0n) is 13.9. The van der Waals surface area contributed by atoms with E-state index in [2.05, 4.69) is 4.99 Å². The van der Waals surface area contributed by atoms with Crippen molar-refractivity contribution in [1.82, 2.24) is 5.32 Å². The number of benzene rings is 2.